The number of rotatable bonds is 4. The van der Waals surface area contributed by atoms with E-state index in [1.54, 1.807) is 0 Å². The van der Waals surface area contributed by atoms with Crippen molar-refractivity contribution in [2.24, 2.45) is 0 Å². The molecule has 0 atom stereocenters. The maximum absolute atomic E-state index is 2.41. The van der Waals surface area contributed by atoms with Gasteiger partial charge < -0.3 is 9.13 Å². The van der Waals surface area contributed by atoms with Gasteiger partial charge in [-0.3, -0.25) is 0 Å². The molecular weight excluding hydrogens is 653 g/mol. The van der Waals surface area contributed by atoms with Crippen molar-refractivity contribution in [3.63, 3.8) is 0 Å². The van der Waals surface area contributed by atoms with Crippen LogP contribution in [0.15, 0.2) is 194 Å². The van der Waals surface area contributed by atoms with Crippen LogP contribution >= 0.6 is 0 Å². The molecule has 2 heteroatoms. The van der Waals surface area contributed by atoms with Crippen LogP contribution in [0.4, 0.5) is 0 Å². The first-order valence-corrected chi connectivity index (χ1v) is 18.7. The third kappa shape index (κ3) is 4.11. The summed E-state index contributed by atoms with van der Waals surface area (Å²) in [6.07, 6.45) is 0. The van der Waals surface area contributed by atoms with Crippen molar-refractivity contribution in [2.45, 2.75) is 0 Å². The Hall–Kier alpha value is -7.16. The lowest BCUT2D eigenvalue weighted by Gasteiger charge is -2.17. The normalized spacial score (nSPS) is 12.1. The van der Waals surface area contributed by atoms with E-state index in [1.165, 1.54) is 110 Å². The Bertz CT molecular complexity index is 3110. The van der Waals surface area contributed by atoms with Gasteiger partial charge in [0.1, 0.15) is 0 Å². The summed E-state index contributed by atoms with van der Waals surface area (Å²) in [5.41, 5.74) is 12.2. The molecule has 0 spiro atoms. The Morgan fingerprint density at radius 1 is 0.259 bits per heavy atom. The van der Waals surface area contributed by atoms with Gasteiger partial charge in [-0.15, -0.1) is 0 Å². The van der Waals surface area contributed by atoms with Crippen molar-refractivity contribution < 1.29 is 0 Å². The van der Waals surface area contributed by atoms with Crippen LogP contribution in [0.1, 0.15) is 0 Å². The molecule has 0 N–H and O–H groups in total. The fourth-order valence-electron chi connectivity index (χ4n) is 9.33. The predicted octanol–water partition coefficient (Wildman–Crippen LogP) is 14.1. The van der Waals surface area contributed by atoms with Crippen molar-refractivity contribution in [3.8, 4) is 33.6 Å². The molecule has 250 valence electrons. The second-order valence-electron chi connectivity index (χ2n) is 14.5. The van der Waals surface area contributed by atoms with Crippen LogP contribution in [0.25, 0.3) is 110 Å². The molecule has 2 nitrogen and oxygen atoms in total. The molecule has 0 aliphatic heterocycles. The smallest absolute Gasteiger partial charge is 0.0541 e. The molecule has 54 heavy (non-hydrogen) atoms. The standard InChI is InChI=1S/C52H32N2/c1-5-19-47-41(15-1)42-16-2-6-20-48(42)53(47)37-13-9-11-35(31-37)39-27-23-33-26-30-46-40(28-24-34-25-29-45(39)51(33)52(34)46)36-12-10-14-38(32-36)54-49-21-7-3-17-43(49)44-18-4-8-22-50(44)54/h1-32H. The molecule has 12 rings (SSSR count). The van der Waals surface area contributed by atoms with E-state index in [0.29, 0.717) is 0 Å². The van der Waals surface area contributed by atoms with Crippen LogP contribution in [0.5, 0.6) is 0 Å². The van der Waals surface area contributed by atoms with E-state index in [-0.39, 0.29) is 0 Å². The predicted molar refractivity (Wildman–Crippen MR) is 230 cm³/mol. The van der Waals surface area contributed by atoms with Gasteiger partial charge in [0.25, 0.3) is 0 Å². The summed E-state index contributed by atoms with van der Waals surface area (Å²) in [7, 11) is 0. The van der Waals surface area contributed by atoms with Gasteiger partial charge in [0.2, 0.25) is 0 Å². The van der Waals surface area contributed by atoms with Crippen molar-refractivity contribution in [3.05, 3.63) is 194 Å². The van der Waals surface area contributed by atoms with Gasteiger partial charge in [0.15, 0.2) is 0 Å². The number of aromatic nitrogens is 2. The lowest BCUT2D eigenvalue weighted by atomic mass is 9.87. The van der Waals surface area contributed by atoms with Gasteiger partial charge >= 0.3 is 0 Å². The highest BCUT2D eigenvalue weighted by Crippen LogP contribution is 2.43. The highest BCUT2D eigenvalue weighted by Gasteiger charge is 2.18. The van der Waals surface area contributed by atoms with E-state index in [4.69, 9.17) is 0 Å². The first-order valence-electron chi connectivity index (χ1n) is 18.7. The zero-order valence-electron chi connectivity index (χ0n) is 29.4. The molecule has 0 saturated heterocycles. The quantitative estimate of drug-likeness (QED) is 0.163. The molecule has 0 fully saturated rings. The average molecular weight is 685 g/mol. The van der Waals surface area contributed by atoms with Crippen molar-refractivity contribution in [1.29, 1.82) is 0 Å². The van der Waals surface area contributed by atoms with Crippen LogP contribution in [-0.4, -0.2) is 9.13 Å². The van der Waals surface area contributed by atoms with E-state index in [1.807, 2.05) is 0 Å². The average Bonchev–Trinajstić information content (AvgIpc) is 3.76. The van der Waals surface area contributed by atoms with E-state index in [2.05, 4.69) is 203 Å². The number of hydrogen-bond donors (Lipinski definition) is 0. The summed E-state index contributed by atoms with van der Waals surface area (Å²) < 4.78 is 4.81. The maximum atomic E-state index is 2.41. The summed E-state index contributed by atoms with van der Waals surface area (Å²) in [6, 6.07) is 71.5. The molecule has 0 amide bonds. The van der Waals surface area contributed by atoms with Crippen LogP contribution < -0.4 is 0 Å². The lowest BCUT2D eigenvalue weighted by Crippen LogP contribution is -1.95. The summed E-state index contributed by atoms with van der Waals surface area (Å²) in [4.78, 5) is 0. The minimum Gasteiger partial charge on any atom is -0.309 e. The minimum atomic E-state index is 1.17. The van der Waals surface area contributed by atoms with E-state index >= 15 is 0 Å². The van der Waals surface area contributed by atoms with Crippen LogP contribution in [0.2, 0.25) is 0 Å². The Balaban J connectivity index is 1.04. The maximum Gasteiger partial charge on any atom is 0.0541 e. The van der Waals surface area contributed by atoms with Crippen molar-refractivity contribution in [1.82, 2.24) is 9.13 Å². The minimum absolute atomic E-state index is 1.17. The Morgan fingerprint density at radius 3 is 1.00 bits per heavy atom. The molecule has 0 aliphatic rings. The third-order valence-electron chi connectivity index (χ3n) is 11.7. The van der Waals surface area contributed by atoms with Crippen molar-refractivity contribution >= 4 is 75.9 Å². The van der Waals surface area contributed by atoms with E-state index in [9.17, 15) is 0 Å². The first kappa shape index (κ1) is 29.4. The number of hydrogen-bond acceptors (Lipinski definition) is 0. The molecule has 0 unspecified atom stereocenters. The second kappa shape index (κ2) is 11.2. The zero-order valence-corrected chi connectivity index (χ0v) is 29.4. The lowest BCUT2D eigenvalue weighted by molar-refractivity contribution is 1.18. The van der Waals surface area contributed by atoms with Crippen LogP contribution in [-0.2, 0) is 0 Å². The molecule has 0 aliphatic carbocycles. The number of para-hydroxylation sites is 4. The second-order valence-corrected chi connectivity index (χ2v) is 14.5. The Labute approximate surface area is 311 Å². The van der Waals surface area contributed by atoms with Gasteiger partial charge in [-0.1, -0.05) is 146 Å². The third-order valence-corrected chi connectivity index (χ3v) is 11.7. The first-order chi connectivity index (χ1) is 26.8. The zero-order chi connectivity index (χ0) is 35.3. The highest BCUT2D eigenvalue weighted by atomic mass is 15.0. The van der Waals surface area contributed by atoms with Gasteiger partial charge in [-0.2, -0.15) is 0 Å². The topological polar surface area (TPSA) is 9.86 Å². The largest absolute Gasteiger partial charge is 0.309 e. The summed E-state index contributed by atoms with van der Waals surface area (Å²) in [5, 5.41) is 12.8. The SMILES string of the molecule is c1cc(-c2ccc3ccc4c(-c5cccc(-n6c7ccccc7c7ccccc76)c5)ccc5ccc2c3c54)cc(-n2c3ccccc3c3ccccc32)c1. The van der Waals surface area contributed by atoms with E-state index < -0.39 is 0 Å². The molecule has 10 aromatic carbocycles. The Morgan fingerprint density at radius 2 is 0.611 bits per heavy atom. The molecule has 0 bridgehead atoms. The molecular formula is C52H32N2. The fourth-order valence-corrected chi connectivity index (χ4v) is 9.33. The Kier molecular flexibility index (Phi) is 6.09. The van der Waals surface area contributed by atoms with Gasteiger partial charge in [0, 0.05) is 32.9 Å². The van der Waals surface area contributed by atoms with Crippen LogP contribution in [0.3, 0.4) is 0 Å². The summed E-state index contributed by atoms with van der Waals surface area (Å²) in [6.45, 7) is 0. The molecule has 0 radical (unpaired) electrons. The van der Waals surface area contributed by atoms with Crippen molar-refractivity contribution in [2.75, 3.05) is 0 Å². The highest BCUT2D eigenvalue weighted by molar-refractivity contribution is 6.27. The van der Waals surface area contributed by atoms with Gasteiger partial charge in [0.05, 0.1) is 22.1 Å². The number of benzene rings is 10. The van der Waals surface area contributed by atoms with Gasteiger partial charge in [-0.05, 0) is 103 Å². The summed E-state index contributed by atoms with van der Waals surface area (Å²) >= 11 is 0. The monoisotopic (exact) mass is 684 g/mol. The van der Waals surface area contributed by atoms with Crippen LogP contribution in [0, 0.1) is 0 Å². The fraction of sp³-hybridized carbons (Fsp3) is 0. The van der Waals surface area contributed by atoms with E-state index in [0.717, 1.165) is 0 Å². The molecule has 0 saturated carbocycles. The molecule has 2 aromatic heterocycles. The van der Waals surface area contributed by atoms with Gasteiger partial charge in [-0.25, -0.2) is 0 Å². The number of fused-ring (bicyclic) bond motifs is 6. The molecule has 2 heterocycles. The molecule has 12 aromatic rings. The summed E-state index contributed by atoms with van der Waals surface area (Å²) in [5.74, 6) is 0. The number of nitrogens with zero attached hydrogens (tertiary/aromatic N) is 2.